The number of hydrogen-bond acceptors (Lipinski definition) is 4. The molecule has 230 valence electrons. The van der Waals surface area contributed by atoms with Gasteiger partial charge in [0.25, 0.3) is 5.91 Å². The van der Waals surface area contributed by atoms with Crippen molar-refractivity contribution in [2.75, 3.05) is 18.0 Å². The number of benzene rings is 3. The zero-order valence-corrected chi connectivity index (χ0v) is 22.6. The van der Waals surface area contributed by atoms with Gasteiger partial charge >= 0.3 is 12.4 Å². The topological polar surface area (TPSA) is 81.7 Å². The first-order valence-corrected chi connectivity index (χ1v) is 13.3. The van der Waals surface area contributed by atoms with Crippen LogP contribution >= 0.6 is 0 Å². The summed E-state index contributed by atoms with van der Waals surface area (Å²) in [5.74, 6) is -3.13. The molecule has 3 aromatic carbocycles. The summed E-state index contributed by atoms with van der Waals surface area (Å²) in [6, 6.07) is 12.7. The SMILES string of the molecule is O=C(NC(Cc1ccccc1)C(O)CNCc1cccc(C(F)(F)F)c1)c1cc(C(F)(F)F)cc(N2CCCC2=O)c1F. The predicted octanol–water partition coefficient (Wildman–Crippen LogP) is 5.48. The molecule has 43 heavy (non-hydrogen) atoms. The lowest BCUT2D eigenvalue weighted by atomic mass is 9.99. The van der Waals surface area contributed by atoms with Crippen molar-refractivity contribution in [3.8, 4) is 0 Å². The molecule has 3 N–H and O–H groups in total. The van der Waals surface area contributed by atoms with E-state index < -0.39 is 64.5 Å². The summed E-state index contributed by atoms with van der Waals surface area (Å²) >= 11 is 0. The highest BCUT2D eigenvalue weighted by molar-refractivity contribution is 6.00. The molecular formula is C30H28F7N3O3. The molecule has 1 aliphatic heterocycles. The van der Waals surface area contributed by atoms with Crippen LogP contribution in [0.4, 0.5) is 36.4 Å². The van der Waals surface area contributed by atoms with Crippen LogP contribution in [0.5, 0.6) is 0 Å². The number of hydrogen-bond donors (Lipinski definition) is 3. The number of carbonyl (C=O) groups is 2. The second kappa shape index (κ2) is 13.1. The molecule has 0 saturated carbocycles. The molecule has 2 atom stereocenters. The highest BCUT2D eigenvalue weighted by Crippen LogP contribution is 2.36. The fourth-order valence-corrected chi connectivity index (χ4v) is 4.80. The second-order valence-corrected chi connectivity index (χ2v) is 10.2. The zero-order valence-electron chi connectivity index (χ0n) is 22.6. The number of aliphatic hydroxyl groups excluding tert-OH is 1. The summed E-state index contributed by atoms with van der Waals surface area (Å²) in [6.45, 7) is -0.305. The molecule has 1 aliphatic rings. The van der Waals surface area contributed by atoms with Gasteiger partial charge in [-0.15, -0.1) is 0 Å². The Kier molecular flexibility index (Phi) is 9.75. The summed E-state index contributed by atoms with van der Waals surface area (Å²) in [4.78, 5) is 26.3. The third-order valence-electron chi connectivity index (χ3n) is 7.01. The standard InChI is InChI=1S/C30H28F7N3O3/c31-27-22(14-21(30(35,36)37)15-24(27)40-11-5-10-26(40)42)28(43)39-23(13-18-6-2-1-3-7-18)25(41)17-38-16-19-8-4-9-20(12-19)29(32,33)34/h1-4,6-9,12,14-15,23,25,38,41H,5,10-11,13,16-17H2,(H,39,43). The fraction of sp³-hybridized carbons (Fsp3) is 0.333. The minimum atomic E-state index is -4.95. The first-order valence-electron chi connectivity index (χ1n) is 13.3. The van der Waals surface area contributed by atoms with E-state index in [1.54, 1.807) is 30.3 Å². The molecule has 0 aromatic heterocycles. The van der Waals surface area contributed by atoms with Crippen molar-refractivity contribution in [2.24, 2.45) is 0 Å². The largest absolute Gasteiger partial charge is 0.416 e. The molecule has 2 unspecified atom stereocenters. The molecule has 1 fully saturated rings. The minimum absolute atomic E-state index is 0.00294. The van der Waals surface area contributed by atoms with Gasteiger partial charge in [-0.2, -0.15) is 26.3 Å². The molecule has 2 amide bonds. The zero-order chi connectivity index (χ0) is 31.4. The third-order valence-corrected chi connectivity index (χ3v) is 7.01. The second-order valence-electron chi connectivity index (χ2n) is 10.2. The molecule has 0 radical (unpaired) electrons. The number of alkyl halides is 6. The lowest BCUT2D eigenvalue weighted by Crippen LogP contribution is -2.49. The first-order chi connectivity index (χ1) is 20.2. The van der Waals surface area contributed by atoms with Gasteiger partial charge in [0.1, 0.15) is 0 Å². The van der Waals surface area contributed by atoms with Crippen molar-refractivity contribution in [2.45, 2.75) is 50.3 Å². The van der Waals surface area contributed by atoms with Gasteiger partial charge in [-0.05, 0) is 42.2 Å². The van der Waals surface area contributed by atoms with Crippen molar-refractivity contribution >= 4 is 17.5 Å². The van der Waals surface area contributed by atoms with Crippen LogP contribution in [0.2, 0.25) is 0 Å². The molecule has 6 nitrogen and oxygen atoms in total. The highest BCUT2D eigenvalue weighted by atomic mass is 19.4. The van der Waals surface area contributed by atoms with Crippen LogP contribution in [0.25, 0.3) is 0 Å². The Morgan fingerprint density at radius 1 is 0.907 bits per heavy atom. The minimum Gasteiger partial charge on any atom is -0.390 e. The molecule has 0 aliphatic carbocycles. The molecule has 13 heteroatoms. The van der Waals surface area contributed by atoms with Gasteiger partial charge in [0.2, 0.25) is 5.91 Å². The van der Waals surface area contributed by atoms with Gasteiger partial charge in [0.05, 0.1) is 34.5 Å². The van der Waals surface area contributed by atoms with E-state index in [4.69, 9.17) is 0 Å². The van der Waals surface area contributed by atoms with Crippen molar-refractivity contribution in [3.05, 3.63) is 100 Å². The van der Waals surface area contributed by atoms with E-state index >= 15 is 4.39 Å². The normalized spacial score (nSPS) is 15.4. The van der Waals surface area contributed by atoms with Crippen LogP contribution in [-0.2, 0) is 30.1 Å². The Morgan fingerprint density at radius 3 is 2.21 bits per heavy atom. The average molecular weight is 612 g/mol. The van der Waals surface area contributed by atoms with Crippen LogP contribution in [-0.4, -0.2) is 42.2 Å². The van der Waals surface area contributed by atoms with Crippen LogP contribution in [0.3, 0.4) is 0 Å². The van der Waals surface area contributed by atoms with Crippen LogP contribution in [0.1, 0.15) is 45.5 Å². The van der Waals surface area contributed by atoms with E-state index in [-0.39, 0.29) is 38.0 Å². The molecule has 0 bridgehead atoms. The summed E-state index contributed by atoms with van der Waals surface area (Å²) < 4.78 is 95.7. The molecular weight excluding hydrogens is 583 g/mol. The van der Waals surface area contributed by atoms with E-state index in [1.807, 2.05) is 0 Å². The number of anilines is 1. The Morgan fingerprint density at radius 2 is 1.58 bits per heavy atom. The van der Waals surface area contributed by atoms with Gasteiger partial charge in [-0.25, -0.2) is 4.39 Å². The fourth-order valence-electron chi connectivity index (χ4n) is 4.80. The summed E-state index contributed by atoms with van der Waals surface area (Å²) in [5, 5.41) is 16.2. The summed E-state index contributed by atoms with van der Waals surface area (Å²) in [5.41, 5.74) is -2.87. The number of aliphatic hydroxyl groups is 1. The molecule has 4 rings (SSSR count). The highest BCUT2D eigenvalue weighted by Gasteiger charge is 2.36. The van der Waals surface area contributed by atoms with Gasteiger partial charge < -0.3 is 20.6 Å². The molecule has 1 saturated heterocycles. The monoisotopic (exact) mass is 611 g/mol. The maximum Gasteiger partial charge on any atom is 0.416 e. The average Bonchev–Trinajstić information content (AvgIpc) is 3.37. The van der Waals surface area contributed by atoms with E-state index in [1.165, 1.54) is 12.1 Å². The smallest absolute Gasteiger partial charge is 0.390 e. The first kappa shape index (κ1) is 32.0. The van der Waals surface area contributed by atoms with Gasteiger partial charge in [-0.1, -0.05) is 48.5 Å². The van der Waals surface area contributed by atoms with Crippen molar-refractivity contribution in [3.63, 3.8) is 0 Å². The van der Waals surface area contributed by atoms with Gasteiger partial charge in [-0.3, -0.25) is 9.59 Å². The van der Waals surface area contributed by atoms with Crippen LogP contribution in [0.15, 0.2) is 66.7 Å². The number of rotatable bonds is 10. The lowest BCUT2D eigenvalue weighted by Gasteiger charge is -2.26. The number of nitrogens with one attached hydrogen (secondary N) is 2. The van der Waals surface area contributed by atoms with Crippen molar-refractivity contribution < 1.29 is 45.4 Å². The lowest BCUT2D eigenvalue weighted by molar-refractivity contribution is -0.138. The maximum atomic E-state index is 15.5. The Labute approximate surface area is 242 Å². The number of nitrogens with zero attached hydrogens (tertiary/aromatic N) is 1. The van der Waals surface area contributed by atoms with E-state index in [0.29, 0.717) is 24.1 Å². The summed E-state index contributed by atoms with van der Waals surface area (Å²) in [7, 11) is 0. The Hall–Kier alpha value is -3.97. The van der Waals surface area contributed by atoms with Crippen molar-refractivity contribution in [1.29, 1.82) is 0 Å². The van der Waals surface area contributed by atoms with E-state index in [0.717, 1.165) is 17.0 Å². The Balaban J connectivity index is 1.56. The van der Waals surface area contributed by atoms with Crippen LogP contribution < -0.4 is 15.5 Å². The summed E-state index contributed by atoms with van der Waals surface area (Å²) in [6.07, 6.45) is -10.5. The molecule has 3 aromatic rings. The Bertz CT molecular complexity index is 1450. The number of carbonyl (C=O) groups excluding carboxylic acids is 2. The van der Waals surface area contributed by atoms with Crippen molar-refractivity contribution in [1.82, 2.24) is 10.6 Å². The van der Waals surface area contributed by atoms with E-state index in [9.17, 15) is 41.0 Å². The quantitative estimate of drug-likeness (QED) is 0.265. The van der Waals surface area contributed by atoms with Gasteiger partial charge in [0.15, 0.2) is 5.82 Å². The van der Waals surface area contributed by atoms with Gasteiger partial charge in [0, 0.05) is 26.1 Å². The predicted molar refractivity (Wildman–Crippen MR) is 144 cm³/mol. The van der Waals surface area contributed by atoms with Crippen LogP contribution in [0, 0.1) is 5.82 Å². The molecule has 1 heterocycles. The number of halogens is 7. The van der Waals surface area contributed by atoms with E-state index in [2.05, 4.69) is 10.6 Å². The maximum absolute atomic E-state index is 15.5. The number of amides is 2. The molecule has 0 spiro atoms. The third kappa shape index (κ3) is 8.11.